The van der Waals surface area contributed by atoms with Crippen LogP contribution < -0.4 is 0 Å². The maximum absolute atomic E-state index is 4.48. The van der Waals surface area contributed by atoms with E-state index >= 15 is 0 Å². The first kappa shape index (κ1) is 19.0. The van der Waals surface area contributed by atoms with Gasteiger partial charge in [-0.05, 0) is 12.1 Å². The lowest BCUT2D eigenvalue weighted by molar-refractivity contribution is 0.174. The van der Waals surface area contributed by atoms with Crippen molar-refractivity contribution in [3.63, 3.8) is 0 Å². The van der Waals surface area contributed by atoms with E-state index in [1.807, 2.05) is 36.9 Å². The number of aromatic nitrogens is 7. The fraction of sp³-hybridized carbons (Fsp3) is 0.300. The molecule has 0 aliphatic rings. The molecule has 4 heterocycles. The van der Waals surface area contributed by atoms with E-state index in [1.165, 1.54) is 0 Å². The second kappa shape index (κ2) is 9.76. The summed E-state index contributed by atoms with van der Waals surface area (Å²) in [5.74, 6) is 2.84. The van der Waals surface area contributed by atoms with Crippen LogP contribution in [0.2, 0.25) is 0 Å². The Balaban J connectivity index is 1.43. The van der Waals surface area contributed by atoms with E-state index in [0.29, 0.717) is 0 Å². The number of pyridine rings is 1. The van der Waals surface area contributed by atoms with Gasteiger partial charge in [0, 0.05) is 63.0 Å². The Morgan fingerprint density at radius 3 is 1.52 bits per heavy atom. The quantitative estimate of drug-likeness (QED) is 0.361. The zero-order chi connectivity index (χ0) is 19.7. The number of nitrogens with one attached hydrogen (secondary N) is 3. The Labute approximate surface area is 169 Å². The van der Waals surface area contributed by atoms with Crippen LogP contribution in [0.25, 0.3) is 0 Å². The van der Waals surface area contributed by atoms with E-state index in [0.717, 1.165) is 62.4 Å². The average molecular weight is 391 g/mol. The van der Waals surface area contributed by atoms with Crippen molar-refractivity contribution < 1.29 is 0 Å². The molecule has 4 aromatic rings. The van der Waals surface area contributed by atoms with Crippen LogP contribution in [0.5, 0.6) is 0 Å². The zero-order valence-corrected chi connectivity index (χ0v) is 16.2. The number of nitrogens with zero attached hydrogens (tertiary/aromatic N) is 6. The highest BCUT2D eigenvalue weighted by atomic mass is 15.2. The van der Waals surface area contributed by atoms with Gasteiger partial charge < -0.3 is 15.0 Å². The standard InChI is InChI=1S/C20H25N9/c1-2-4-21-17(3-1)13-28(14-18-22-5-6-23-18)11-12-29(15-19-24-7-8-25-19)16-20-26-9-10-27-20/h1-10H,11-16H2,(H,22,23)(H,24,25)(H,26,27). The smallest absolute Gasteiger partial charge is 0.120 e. The minimum absolute atomic E-state index is 0.728. The third kappa shape index (κ3) is 5.84. The fourth-order valence-electron chi connectivity index (χ4n) is 3.22. The van der Waals surface area contributed by atoms with Crippen molar-refractivity contribution in [2.45, 2.75) is 26.2 Å². The molecule has 0 aliphatic carbocycles. The summed E-state index contributed by atoms with van der Waals surface area (Å²) in [6.45, 7) is 4.67. The number of rotatable bonds is 11. The Morgan fingerprint density at radius 2 is 1.10 bits per heavy atom. The molecule has 0 aromatic carbocycles. The largest absolute Gasteiger partial charge is 0.348 e. The summed E-state index contributed by atoms with van der Waals surface area (Å²) in [5, 5.41) is 0. The molecule has 0 fully saturated rings. The summed E-state index contributed by atoms with van der Waals surface area (Å²) in [6, 6.07) is 6.01. The Morgan fingerprint density at radius 1 is 0.586 bits per heavy atom. The van der Waals surface area contributed by atoms with Crippen molar-refractivity contribution in [3.05, 3.63) is 84.7 Å². The van der Waals surface area contributed by atoms with Crippen molar-refractivity contribution >= 4 is 0 Å². The summed E-state index contributed by atoms with van der Waals surface area (Å²) in [5.41, 5.74) is 1.04. The Bertz CT molecular complexity index is 882. The lowest BCUT2D eigenvalue weighted by atomic mass is 10.3. The van der Waals surface area contributed by atoms with Gasteiger partial charge in [-0.2, -0.15) is 0 Å². The first-order chi connectivity index (χ1) is 14.3. The van der Waals surface area contributed by atoms with Gasteiger partial charge in [0.25, 0.3) is 0 Å². The van der Waals surface area contributed by atoms with E-state index in [2.05, 4.69) is 50.8 Å². The van der Waals surface area contributed by atoms with Crippen molar-refractivity contribution in [2.75, 3.05) is 13.1 Å². The van der Waals surface area contributed by atoms with E-state index in [9.17, 15) is 0 Å². The van der Waals surface area contributed by atoms with Gasteiger partial charge in [-0.25, -0.2) is 15.0 Å². The first-order valence-electron chi connectivity index (χ1n) is 9.64. The van der Waals surface area contributed by atoms with Gasteiger partial charge in [0.15, 0.2) is 0 Å². The second-order valence-electron chi connectivity index (χ2n) is 6.85. The lowest BCUT2D eigenvalue weighted by Crippen LogP contribution is -2.35. The van der Waals surface area contributed by atoms with Crippen molar-refractivity contribution in [1.29, 1.82) is 0 Å². The summed E-state index contributed by atoms with van der Waals surface area (Å²) in [7, 11) is 0. The zero-order valence-electron chi connectivity index (χ0n) is 16.2. The third-order valence-electron chi connectivity index (χ3n) is 4.63. The van der Waals surface area contributed by atoms with Gasteiger partial charge in [-0.15, -0.1) is 0 Å². The van der Waals surface area contributed by atoms with Crippen LogP contribution in [0.15, 0.2) is 61.6 Å². The molecule has 0 saturated carbocycles. The number of imidazole rings is 3. The summed E-state index contributed by atoms with van der Waals surface area (Å²) in [6.07, 6.45) is 12.7. The van der Waals surface area contributed by atoms with Gasteiger partial charge in [0.2, 0.25) is 0 Å². The normalized spacial score (nSPS) is 11.5. The summed E-state index contributed by atoms with van der Waals surface area (Å²) >= 11 is 0. The van der Waals surface area contributed by atoms with Gasteiger partial charge in [-0.3, -0.25) is 14.8 Å². The highest BCUT2D eigenvalue weighted by Gasteiger charge is 2.14. The van der Waals surface area contributed by atoms with Crippen LogP contribution in [-0.2, 0) is 26.2 Å². The molecule has 0 amide bonds. The van der Waals surface area contributed by atoms with Crippen molar-refractivity contribution in [2.24, 2.45) is 0 Å². The molecule has 4 aromatic heterocycles. The summed E-state index contributed by atoms with van der Waals surface area (Å²) in [4.78, 5) is 31.9. The molecule has 0 radical (unpaired) electrons. The molecular weight excluding hydrogens is 366 g/mol. The summed E-state index contributed by atoms with van der Waals surface area (Å²) < 4.78 is 0. The number of aromatic amines is 3. The van der Waals surface area contributed by atoms with Crippen molar-refractivity contribution in [1.82, 2.24) is 44.7 Å². The number of hydrogen-bond acceptors (Lipinski definition) is 6. The van der Waals surface area contributed by atoms with E-state index in [4.69, 9.17) is 0 Å². The highest BCUT2D eigenvalue weighted by molar-refractivity contribution is 5.03. The highest BCUT2D eigenvalue weighted by Crippen LogP contribution is 2.09. The third-order valence-corrected chi connectivity index (χ3v) is 4.63. The molecule has 150 valence electrons. The van der Waals surface area contributed by atoms with Crippen LogP contribution in [-0.4, -0.2) is 57.8 Å². The molecule has 3 N–H and O–H groups in total. The molecule has 29 heavy (non-hydrogen) atoms. The average Bonchev–Trinajstić information content (AvgIpc) is 3.51. The molecular formula is C20H25N9. The number of H-pyrrole nitrogens is 3. The monoisotopic (exact) mass is 391 g/mol. The minimum atomic E-state index is 0.728. The fourth-order valence-corrected chi connectivity index (χ4v) is 3.22. The van der Waals surface area contributed by atoms with E-state index < -0.39 is 0 Å². The Hall–Kier alpha value is -3.30. The second-order valence-corrected chi connectivity index (χ2v) is 6.85. The molecule has 9 heteroatoms. The minimum Gasteiger partial charge on any atom is -0.348 e. The van der Waals surface area contributed by atoms with Gasteiger partial charge in [0.1, 0.15) is 17.5 Å². The van der Waals surface area contributed by atoms with Gasteiger partial charge in [0.05, 0.1) is 25.3 Å². The number of hydrogen-bond donors (Lipinski definition) is 3. The van der Waals surface area contributed by atoms with Crippen LogP contribution in [0, 0.1) is 0 Å². The molecule has 0 unspecified atom stereocenters. The predicted molar refractivity (Wildman–Crippen MR) is 108 cm³/mol. The van der Waals surface area contributed by atoms with Gasteiger partial charge in [-0.1, -0.05) is 6.07 Å². The van der Waals surface area contributed by atoms with Crippen LogP contribution in [0.1, 0.15) is 23.2 Å². The first-order valence-corrected chi connectivity index (χ1v) is 9.64. The topological polar surface area (TPSA) is 105 Å². The maximum atomic E-state index is 4.48. The maximum Gasteiger partial charge on any atom is 0.120 e. The van der Waals surface area contributed by atoms with Crippen LogP contribution >= 0.6 is 0 Å². The molecule has 0 aliphatic heterocycles. The van der Waals surface area contributed by atoms with Crippen LogP contribution in [0.4, 0.5) is 0 Å². The molecule has 0 atom stereocenters. The molecule has 0 spiro atoms. The SMILES string of the molecule is c1ccc(CN(CCN(Cc2ncc[nH]2)Cc2ncc[nH]2)Cc2ncc[nH]2)nc1. The van der Waals surface area contributed by atoms with Crippen molar-refractivity contribution in [3.8, 4) is 0 Å². The predicted octanol–water partition coefficient (Wildman–Crippen LogP) is 1.96. The molecule has 9 nitrogen and oxygen atoms in total. The molecule has 0 bridgehead atoms. The lowest BCUT2D eigenvalue weighted by Gasteiger charge is -2.26. The van der Waals surface area contributed by atoms with Gasteiger partial charge >= 0.3 is 0 Å². The van der Waals surface area contributed by atoms with E-state index in [1.54, 1.807) is 18.6 Å². The van der Waals surface area contributed by atoms with Crippen LogP contribution in [0.3, 0.4) is 0 Å². The van der Waals surface area contributed by atoms with E-state index in [-0.39, 0.29) is 0 Å². The molecule has 4 rings (SSSR count). The molecule has 0 saturated heterocycles. The Kier molecular flexibility index (Phi) is 6.41.